The fourth-order valence-corrected chi connectivity index (χ4v) is 4.25. The van der Waals surface area contributed by atoms with Gasteiger partial charge in [0, 0.05) is 6.42 Å². The minimum absolute atomic E-state index is 0.151. The van der Waals surface area contributed by atoms with E-state index in [2.05, 4.69) is 6.92 Å². The summed E-state index contributed by atoms with van der Waals surface area (Å²) in [5.74, 6) is -0.535. The maximum Gasteiger partial charge on any atom is 0.306 e. The van der Waals surface area contributed by atoms with E-state index < -0.39 is 43.3 Å². The van der Waals surface area contributed by atoms with Crippen molar-refractivity contribution in [3.63, 3.8) is 0 Å². The third-order valence-corrected chi connectivity index (χ3v) is 6.51. The molecule has 0 aromatic heterocycles. The zero-order valence-electron chi connectivity index (χ0n) is 21.6. The molecule has 0 aromatic rings. The molecule has 0 aromatic carbocycles. The van der Waals surface area contributed by atoms with Crippen molar-refractivity contribution < 1.29 is 44.5 Å². The Morgan fingerprint density at radius 3 is 1.86 bits per heavy atom. The van der Waals surface area contributed by atoms with Gasteiger partial charge in [-0.1, -0.05) is 77.6 Å². The monoisotopic (exact) mass is 506 g/mol. The van der Waals surface area contributed by atoms with Gasteiger partial charge in [0.25, 0.3) is 0 Å². The van der Waals surface area contributed by atoms with Crippen LogP contribution in [0.1, 0.15) is 103 Å². The molecule has 1 heterocycles. The summed E-state index contributed by atoms with van der Waals surface area (Å²) in [6, 6.07) is 0. The topological polar surface area (TPSA) is 146 Å². The van der Waals surface area contributed by atoms with Gasteiger partial charge < -0.3 is 39.7 Å². The van der Waals surface area contributed by atoms with Gasteiger partial charge >= 0.3 is 5.97 Å². The van der Waals surface area contributed by atoms with Crippen LogP contribution in [0.15, 0.2) is 0 Å². The van der Waals surface area contributed by atoms with E-state index in [1.165, 1.54) is 19.3 Å². The van der Waals surface area contributed by atoms with Crippen molar-refractivity contribution in [3.05, 3.63) is 0 Å². The summed E-state index contributed by atoms with van der Waals surface area (Å²) in [6.45, 7) is 1.98. The molecule has 0 radical (unpaired) electrons. The zero-order chi connectivity index (χ0) is 25.9. The Bertz CT molecular complexity index is 513. The number of hydrogen-bond donors (Lipinski definition) is 5. The third-order valence-electron chi connectivity index (χ3n) is 6.51. The molecule has 1 saturated heterocycles. The van der Waals surface area contributed by atoms with Crippen molar-refractivity contribution in [3.8, 4) is 0 Å². The van der Waals surface area contributed by atoms with Gasteiger partial charge in [-0.15, -0.1) is 0 Å². The summed E-state index contributed by atoms with van der Waals surface area (Å²) in [5, 5.41) is 48.9. The number of rotatable bonds is 22. The highest BCUT2D eigenvalue weighted by Crippen LogP contribution is 2.20. The summed E-state index contributed by atoms with van der Waals surface area (Å²) in [5.41, 5.74) is 0. The lowest BCUT2D eigenvalue weighted by Crippen LogP contribution is -2.52. The first-order chi connectivity index (χ1) is 16.9. The Hall–Kier alpha value is -0.810. The number of aliphatic hydroxyl groups is 5. The zero-order valence-corrected chi connectivity index (χ0v) is 21.6. The van der Waals surface area contributed by atoms with Crippen molar-refractivity contribution in [2.45, 2.75) is 140 Å². The molecule has 5 atom stereocenters. The van der Waals surface area contributed by atoms with Gasteiger partial charge in [0.1, 0.15) is 18.3 Å². The molecule has 0 spiro atoms. The van der Waals surface area contributed by atoms with Crippen molar-refractivity contribution in [1.29, 1.82) is 0 Å². The predicted molar refractivity (Wildman–Crippen MR) is 132 cm³/mol. The van der Waals surface area contributed by atoms with Crippen molar-refractivity contribution in [2.24, 2.45) is 0 Å². The molecule has 1 aliphatic heterocycles. The Morgan fingerprint density at radius 1 is 0.800 bits per heavy atom. The SMILES string of the molecule is CCCCCCC(O)CCCCCCCCCCC(=O)O[C@H](C1OCCO1)[C@@H](O)[C@H](O)[C@H](O)CO. The Morgan fingerprint density at radius 2 is 1.31 bits per heavy atom. The molecule has 9 heteroatoms. The van der Waals surface area contributed by atoms with E-state index in [1.54, 1.807) is 0 Å². The molecule has 0 amide bonds. The maximum absolute atomic E-state index is 12.3. The van der Waals surface area contributed by atoms with E-state index in [9.17, 15) is 25.2 Å². The van der Waals surface area contributed by atoms with Gasteiger partial charge in [0.05, 0.1) is 25.9 Å². The number of esters is 1. The minimum atomic E-state index is -1.71. The molecule has 1 unspecified atom stereocenters. The third kappa shape index (κ3) is 14.5. The van der Waals surface area contributed by atoms with Crippen LogP contribution in [0.4, 0.5) is 0 Å². The lowest BCUT2D eigenvalue weighted by Gasteiger charge is -2.31. The molecule has 0 bridgehead atoms. The number of carbonyl (C=O) groups excluding carboxylic acids is 1. The second kappa shape index (κ2) is 20.3. The largest absolute Gasteiger partial charge is 0.454 e. The number of carbonyl (C=O) groups is 1. The first-order valence-electron chi connectivity index (χ1n) is 13.7. The van der Waals surface area contributed by atoms with Crippen molar-refractivity contribution in [1.82, 2.24) is 0 Å². The molecule has 0 aliphatic carbocycles. The standard InChI is InChI=1S/C26H50O9/c1-2-3-4-11-14-20(28)15-12-9-7-5-6-8-10-13-16-22(30)35-25(26-33-17-18-34-26)24(32)23(31)21(29)19-27/h20-21,23-29,31-32H,2-19H2,1H3/t20?,21-,23-,24+,25+/m1/s1. The Labute approximate surface area is 210 Å². The van der Waals surface area contributed by atoms with Crippen LogP contribution in [0.2, 0.25) is 0 Å². The summed E-state index contributed by atoms with van der Waals surface area (Å²) in [6.07, 6.45) is 7.58. The highest BCUT2D eigenvalue weighted by atomic mass is 16.7. The molecule has 1 aliphatic rings. The van der Waals surface area contributed by atoms with Crippen LogP contribution in [0.5, 0.6) is 0 Å². The fourth-order valence-electron chi connectivity index (χ4n) is 4.25. The van der Waals surface area contributed by atoms with Crippen LogP contribution in [-0.4, -0.2) is 88.1 Å². The average Bonchev–Trinajstić information content (AvgIpc) is 3.39. The lowest BCUT2D eigenvalue weighted by molar-refractivity contribution is -0.210. The van der Waals surface area contributed by atoms with Gasteiger partial charge in [-0.2, -0.15) is 0 Å². The molecule has 1 fully saturated rings. The number of aliphatic hydroxyl groups excluding tert-OH is 5. The van der Waals surface area contributed by atoms with E-state index in [-0.39, 0.29) is 25.7 Å². The van der Waals surface area contributed by atoms with Gasteiger partial charge in [0.15, 0.2) is 12.4 Å². The van der Waals surface area contributed by atoms with Gasteiger partial charge in [0.2, 0.25) is 0 Å². The van der Waals surface area contributed by atoms with Crippen molar-refractivity contribution >= 4 is 5.97 Å². The van der Waals surface area contributed by atoms with Gasteiger partial charge in [-0.05, 0) is 19.3 Å². The average molecular weight is 507 g/mol. The van der Waals surface area contributed by atoms with Crippen LogP contribution in [-0.2, 0) is 19.0 Å². The number of hydrogen-bond acceptors (Lipinski definition) is 9. The summed E-state index contributed by atoms with van der Waals surface area (Å²) >= 11 is 0. The quantitative estimate of drug-likeness (QED) is 0.110. The maximum atomic E-state index is 12.3. The van der Waals surface area contributed by atoms with Gasteiger partial charge in [-0.25, -0.2) is 0 Å². The number of ether oxygens (including phenoxy) is 3. The summed E-state index contributed by atoms with van der Waals surface area (Å²) in [7, 11) is 0. The van der Waals surface area contributed by atoms with Crippen LogP contribution in [0, 0.1) is 0 Å². The second-order valence-corrected chi connectivity index (χ2v) is 9.67. The van der Waals surface area contributed by atoms with E-state index in [4.69, 9.17) is 19.3 Å². The normalized spacial score (nSPS) is 18.8. The van der Waals surface area contributed by atoms with E-state index >= 15 is 0 Å². The summed E-state index contributed by atoms with van der Waals surface area (Å²) in [4.78, 5) is 12.3. The first kappa shape index (κ1) is 32.2. The summed E-state index contributed by atoms with van der Waals surface area (Å²) < 4.78 is 15.9. The van der Waals surface area contributed by atoms with E-state index in [1.807, 2.05) is 0 Å². The molecular formula is C26H50O9. The smallest absolute Gasteiger partial charge is 0.306 e. The molecule has 9 nitrogen and oxygen atoms in total. The Balaban J connectivity index is 2.12. The van der Waals surface area contributed by atoms with E-state index in [0.717, 1.165) is 64.2 Å². The van der Waals surface area contributed by atoms with Crippen LogP contribution < -0.4 is 0 Å². The van der Waals surface area contributed by atoms with Crippen molar-refractivity contribution in [2.75, 3.05) is 19.8 Å². The predicted octanol–water partition coefficient (Wildman–Crippen LogP) is 2.58. The molecular weight excluding hydrogens is 456 g/mol. The van der Waals surface area contributed by atoms with Crippen LogP contribution in [0.25, 0.3) is 0 Å². The van der Waals surface area contributed by atoms with E-state index in [0.29, 0.717) is 6.42 Å². The highest BCUT2D eigenvalue weighted by molar-refractivity contribution is 5.69. The Kier molecular flexibility index (Phi) is 18.7. The van der Waals surface area contributed by atoms with Gasteiger partial charge in [-0.3, -0.25) is 4.79 Å². The molecule has 5 N–H and O–H groups in total. The molecule has 1 rings (SSSR count). The number of unbranched alkanes of at least 4 members (excludes halogenated alkanes) is 10. The lowest BCUT2D eigenvalue weighted by atomic mass is 10.0. The molecule has 0 saturated carbocycles. The van der Waals surface area contributed by atoms with Crippen LogP contribution >= 0.6 is 0 Å². The minimum Gasteiger partial charge on any atom is -0.454 e. The fraction of sp³-hybridized carbons (Fsp3) is 0.962. The molecule has 35 heavy (non-hydrogen) atoms. The molecule has 208 valence electrons. The highest BCUT2D eigenvalue weighted by Gasteiger charge is 2.41. The van der Waals surface area contributed by atoms with Crippen LogP contribution in [0.3, 0.4) is 0 Å². The second-order valence-electron chi connectivity index (χ2n) is 9.67. The first-order valence-corrected chi connectivity index (χ1v) is 13.7.